The number of nitrogens with zero attached hydrogens (tertiary/aromatic N) is 1. The number of carbonyl (C=O) groups is 1. The maximum Gasteiger partial charge on any atom is 0.296 e. The van der Waals surface area contributed by atoms with Crippen molar-refractivity contribution in [2.75, 3.05) is 25.1 Å². The highest BCUT2D eigenvalue weighted by atomic mass is 16.6. The number of amides is 1. The molecule has 1 saturated heterocycles. The molecule has 8 heteroatoms. The molecule has 1 aromatic rings. The highest BCUT2D eigenvalue weighted by Crippen LogP contribution is 2.37. The summed E-state index contributed by atoms with van der Waals surface area (Å²) < 4.78 is 10.7. The number of nitrogens with one attached hydrogen (secondary N) is 1. The summed E-state index contributed by atoms with van der Waals surface area (Å²) in [4.78, 5) is 22.0. The Morgan fingerprint density at radius 3 is 2.76 bits per heavy atom. The summed E-state index contributed by atoms with van der Waals surface area (Å²) in [5, 5.41) is 14.2. The van der Waals surface area contributed by atoms with Gasteiger partial charge in [-0.1, -0.05) is 6.92 Å². The van der Waals surface area contributed by atoms with Crippen LogP contribution >= 0.6 is 0 Å². The number of primary amides is 1. The van der Waals surface area contributed by atoms with Gasteiger partial charge in [-0.25, -0.2) is 0 Å². The van der Waals surface area contributed by atoms with Crippen LogP contribution in [0.15, 0.2) is 12.1 Å². The summed E-state index contributed by atoms with van der Waals surface area (Å²) in [6.07, 6.45) is 0.621. The van der Waals surface area contributed by atoms with Crippen molar-refractivity contribution in [3.05, 3.63) is 27.8 Å². The summed E-state index contributed by atoms with van der Waals surface area (Å²) >= 11 is 0. The van der Waals surface area contributed by atoms with Crippen molar-refractivity contribution in [3.8, 4) is 5.75 Å². The van der Waals surface area contributed by atoms with Gasteiger partial charge in [0, 0.05) is 18.2 Å². The lowest BCUT2D eigenvalue weighted by atomic mass is 10.1. The van der Waals surface area contributed by atoms with Crippen molar-refractivity contribution in [2.24, 2.45) is 5.73 Å². The van der Waals surface area contributed by atoms with Gasteiger partial charge in [-0.2, -0.15) is 0 Å². The lowest BCUT2D eigenvalue weighted by molar-refractivity contribution is -0.384. The summed E-state index contributed by atoms with van der Waals surface area (Å²) in [6.45, 7) is 3.33. The van der Waals surface area contributed by atoms with Gasteiger partial charge in [-0.15, -0.1) is 0 Å². The standard InChI is InChI=1S/C13H17N3O5/c1-2-3-15-12-10(16(18)19)4-8(13(14)17)5-11(12)21-9-6-20-7-9/h4-5,9,15H,2-3,6-7H2,1H3,(H2,14,17). The third-order valence-corrected chi connectivity index (χ3v) is 3.02. The van der Waals surface area contributed by atoms with Crippen LogP contribution in [0.25, 0.3) is 0 Å². The fourth-order valence-corrected chi connectivity index (χ4v) is 1.87. The zero-order valence-electron chi connectivity index (χ0n) is 11.6. The van der Waals surface area contributed by atoms with Crippen LogP contribution in [0.4, 0.5) is 11.4 Å². The SMILES string of the molecule is CCCNc1c(OC2COC2)cc(C(N)=O)cc1[N+](=O)[O-]. The summed E-state index contributed by atoms with van der Waals surface area (Å²) in [6, 6.07) is 2.58. The number of anilines is 1. The van der Waals surface area contributed by atoms with Crippen LogP contribution in [0.2, 0.25) is 0 Å². The Morgan fingerprint density at radius 2 is 2.29 bits per heavy atom. The zero-order valence-corrected chi connectivity index (χ0v) is 11.6. The predicted octanol–water partition coefficient (Wildman–Crippen LogP) is 1.29. The smallest absolute Gasteiger partial charge is 0.296 e. The molecule has 0 unspecified atom stereocenters. The molecule has 0 aliphatic carbocycles. The van der Waals surface area contributed by atoms with Gasteiger partial charge in [0.05, 0.1) is 18.1 Å². The second-order valence-electron chi connectivity index (χ2n) is 4.69. The Hall–Kier alpha value is -2.35. The van der Waals surface area contributed by atoms with Gasteiger partial charge >= 0.3 is 0 Å². The summed E-state index contributed by atoms with van der Waals surface area (Å²) in [5.41, 5.74) is 5.29. The molecule has 1 fully saturated rings. The first-order chi connectivity index (χ1) is 10.0. The third-order valence-electron chi connectivity index (χ3n) is 3.02. The van der Waals surface area contributed by atoms with Crippen molar-refractivity contribution < 1.29 is 19.2 Å². The van der Waals surface area contributed by atoms with E-state index in [-0.39, 0.29) is 28.8 Å². The molecule has 8 nitrogen and oxygen atoms in total. The van der Waals surface area contributed by atoms with Gasteiger partial charge in [0.2, 0.25) is 5.91 Å². The minimum Gasteiger partial charge on any atom is -0.483 e. The fraction of sp³-hybridized carbons (Fsp3) is 0.462. The fourth-order valence-electron chi connectivity index (χ4n) is 1.87. The molecule has 1 aliphatic rings. The molecular formula is C13H17N3O5. The molecule has 1 aromatic carbocycles. The van der Waals surface area contributed by atoms with E-state index in [0.717, 1.165) is 12.5 Å². The highest BCUT2D eigenvalue weighted by molar-refractivity contribution is 5.95. The van der Waals surface area contributed by atoms with E-state index in [9.17, 15) is 14.9 Å². The number of hydrogen-bond donors (Lipinski definition) is 2. The Kier molecular flexibility index (Phi) is 4.59. The number of nitrogens with two attached hydrogens (primary N) is 1. The van der Waals surface area contributed by atoms with Crippen molar-refractivity contribution in [2.45, 2.75) is 19.4 Å². The van der Waals surface area contributed by atoms with E-state index in [1.807, 2.05) is 6.92 Å². The zero-order chi connectivity index (χ0) is 15.4. The van der Waals surface area contributed by atoms with Crippen LogP contribution in [0.3, 0.4) is 0 Å². The number of rotatable bonds is 7. The van der Waals surface area contributed by atoms with Crippen molar-refractivity contribution in [1.82, 2.24) is 0 Å². The maximum absolute atomic E-state index is 11.3. The molecule has 0 aromatic heterocycles. The van der Waals surface area contributed by atoms with E-state index in [1.54, 1.807) is 0 Å². The van der Waals surface area contributed by atoms with Gasteiger partial charge in [0.25, 0.3) is 5.69 Å². The number of hydrogen-bond acceptors (Lipinski definition) is 6. The van der Waals surface area contributed by atoms with Crippen molar-refractivity contribution in [1.29, 1.82) is 0 Å². The number of nitro groups is 1. The van der Waals surface area contributed by atoms with Crippen LogP contribution < -0.4 is 15.8 Å². The largest absolute Gasteiger partial charge is 0.483 e. The Morgan fingerprint density at radius 1 is 1.57 bits per heavy atom. The highest BCUT2D eigenvalue weighted by Gasteiger charge is 2.27. The van der Waals surface area contributed by atoms with Gasteiger partial charge in [-0.3, -0.25) is 14.9 Å². The van der Waals surface area contributed by atoms with Crippen molar-refractivity contribution >= 4 is 17.3 Å². The van der Waals surface area contributed by atoms with E-state index in [0.29, 0.717) is 19.8 Å². The molecule has 1 amide bonds. The lowest BCUT2D eigenvalue weighted by Gasteiger charge is -2.28. The van der Waals surface area contributed by atoms with Gasteiger partial charge in [0.1, 0.15) is 6.10 Å². The van der Waals surface area contributed by atoms with Crippen molar-refractivity contribution in [3.63, 3.8) is 0 Å². The van der Waals surface area contributed by atoms with Gasteiger partial charge in [0.15, 0.2) is 11.4 Å². The first-order valence-corrected chi connectivity index (χ1v) is 6.63. The number of ether oxygens (including phenoxy) is 2. The second-order valence-corrected chi connectivity index (χ2v) is 4.69. The van der Waals surface area contributed by atoms with E-state index < -0.39 is 10.8 Å². The topological polar surface area (TPSA) is 117 Å². The number of benzene rings is 1. The Balaban J connectivity index is 2.44. The van der Waals surface area contributed by atoms with E-state index in [1.165, 1.54) is 6.07 Å². The molecule has 1 aliphatic heterocycles. The number of carbonyl (C=O) groups excluding carboxylic acids is 1. The van der Waals surface area contributed by atoms with Crippen LogP contribution in [-0.2, 0) is 4.74 Å². The van der Waals surface area contributed by atoms with E-state index in [2.05, 4.69) is 5.32 Å². The predicted molar refractivity (Wildman–Crippen MR) is 75.6 cm³/mol. The molecule has 2 rings (SSSR count). The molecular weight excluding hydrogens is 278 g/mol. The van der Waals surface area contributed by atoms with Crippen LogP contribution in [0, 0.1) is 10.1 Å². The average molecular weight is 295 g/mol. The molecule has 0 atom stereocenters. The van der Waals surface area contributed by atoms with Crippen LogP contribution in [0.1, 0.15) is 23.7 Å². The van der Waals surface area contributed by atoms with Crippen LogP contribution in [0.5, 0.6) is 5.75 Å². The maximum atomic E-state index is 11.3. The summed E-state index contributed by atoms with van der Waals surface area (Å²) in [7, 11) is 0. The first kappa shape index (κ1) is 15.0. The minimum absolute atomic E-state index is 0.0407. The third kappa shape index (κ3) is 3.40. The Bertz CT molecular complexity index is 557. The molecule has 3 N–H and O–H groups in total. The van der Waals surface area contributed by atoms with E-state index >= 15 is 0 Å². The Labute approximate surface area is 121 Å². The van der Waals surface area contributed by atoms with E-state index in [4.69, 9.17) is 15.2 Å². The molecule has 0 spiro atoms. The first-order valence-electron chi connectivity index (χ1n) is 6.63. The number of nitro benzene ring substituents is 1. The molecule has 114 valence electrons. The monoisotopic (exact) mass is 295 g/mol. The average Bonchev–Trinajstić information content (AvgIpc) is 2.39. The van der Waals surface area contributed by atoms with Crippen LogP contribution in [-0.4, -0.2) is 36.7 Å². The molecule has 1 heterocycles. The quantitative estimate of drug-likeness (QED) is 0.578. The normalized spacial score (nSPS) is 14.3. The summed E-state index contributed by atoms with van der Waals surface area (Å²) in [5.74, 6) is -0.491. The molecule has 0 saturated carbocycles. The van der Waals surface area contributed by atoms with Gasteiger partial charge in [-0.05, 0) is 12.5 Å². The second kappa shape index (κ2) is 6.40. The van der Waals surface area contributed by atoms with Gasteiger partial charge < -0.3 is 20.5 Å². The molecule has 21 heavy (non-hydrogen) atoms. The molecule has 0 bridgehead atoms. The lowest BCUT2D eigenvalue weighted by Crippen LogP contribution is -2.38. The molecule has 0 radical (unpaired) electrons. The minimum atomic E-state index is -0.741.